The average molecular weight is 408 g/mol. The van der Waals surface area contributed by atoms with E-state index in [-0.39, 0.29) is 6.10 Å². The number of morpholine rings is 1. The summed E-state index contributed by atoms with van der Waals surface area (Å²) in [5.74, 6) is 1.55. The van der Waals surface area contributed by atoms with Crippen molar-refractivity contribution in [2.45, 2.75) is 38.2 Å². The molecule has 2 aromatic heterocycles. The van der Waals surface area contributed by atoms with E-state index in [1.165, 1.54) is 18.5 Å². The molecule has 0 radical (unpaired) electrons. The zero-order valence-corrected chi connectivity index (χ0v) is 17.5. The SMILES string of the molecule is Cn1ccc(CC2CCC(Oc3cc(N4CCOCC4)cc4nccnc34)CC2)n1. The van der Waals surface area contributed by atoms with Gasteiger partial charge in [0.25, 0.3) is 0 Å². The van der Waals surface area contributed by atoms with Crippen molar-refractivity contribution >= 4 is 16.7 Å². The molecular formula is C23H29N5O2. The molecule has 30 heavy (non-hydrogen) atoms. The maximum absolute atomic E-state index is 6.52. The highest BCUT2D eigenvalue weighted by Gasteiger charge is 2.25. The molecule has 2 aliphatic rings. The summed E-state index contributed by atoms with van der Waals surface area (Å²) in [6.45, 7) is 3.30. The lowest BCUT2D eigenvalue weighted by Gasteiger charge is -2.31. The molecule has 0 spiro atoms. The van der Waals surface area contributed by atoms with E-state index < -0.39 is 0 Å². The lowest BCUT2D eigenvalue weighted by Crippen LogP contribution is -2.36. The van der Waals surface area contributed by atoms with Crippen molar-refractivity contribution in [1.29, 1.82) is 0 Å². The van der Waals surface area contributed by atoms with Gasteiger partial charge < -0.3 is 14.4 Å². The van der Waals surface area contributed by atoms with Gasteiger partial charge in [0.05, 0.1) is 30.5 Å². The van der Waals surface area contributed by atoms with Crippen LogP contribution in [0, 0.1) is 5.92 Å². The molecule has 1 aromatic carbocycles. The molecule has 7 nitrogen and oxygen atoms in total. The van der Waals surface area contributed by atoms with E-state index in [1.54, 1.807) is 12.4 Å². The van der Waals surface area contributed by atoms with Gasteiger partial charge in [-0.2, -0.15) is 5.10 Å². The number of nitrogens with zero attached hydrogens (tertiary/aromatic N) is 5. The first-order chi connectivity index (χ1) is 14.7. The van der Waals surface area contributed by atoms with Gasteiger partial charge in [0.1, 0.15) is 11.3 Å². The molecule has 1 saturated carbocycles. The molecule has 1 saturated heterocycles. The van der Waals surface area contributed by atoms with E-state index in [1.807, 2.05) is 17.9 Å². The Morgan fingerprint density at radius 3 is 2.63 bits per heavy atom. The highest BCUT2D eigenvalue weighted by atomic mass is 16.5. The highest BCUT2D eigenvalue weighted by molar-refractivity contribution is 5.85. The molecule has 3 aromatic rings. The minimum atomic E-state index is 0.232. The third-order valence-corrected chi connectivity index (χ3v) is 6.25. The van der Waals surface area contributed by atoms with E-state index in [0.717, 1.165) is 68.0 Å². The van der Waals surface area contributed by atoms with Crippen LogP contribution in [-0.4, -0.2) is 52.2 Å². The Morgan fingerprint density at radius 2 is 1.87 bits per heavy atom. The van der Waals surface area contributed by atoms with E-state index in [4.69, 9.17) is 9.47 Å². The molecule has 0 bridgehead atoms. The fourth-order valence-electron chi connectivity index (χ4n) is 4.62. The minimum Gasteiger partial charge on any atom is -0.488 e. The number of aromatic nitrogens is 4. The van der Waals surface area contributed by atoms with Crippen molar-refractivity contribution in [2.75, 3.05) is 31.2 Å². The first-order valence-electron chi connectivity index (χ1n) is 11.0. The molecule has 1 aliphatic heterocycles. The van der Waals surface area contributed by atoms with Crippen molar-refractivity contribution in [2.24, 2.45) is 13.0 Å². The number of aryl methyl sites for hydroxylation is 1. The smallest absolute Gasteiger partial charge is 0.149 e. The van der Waals surface area contributed by atoms with Gasteiger partial charge in [0, 0.05) is 50.5 Å². The van der Waals surface area contributed by atoms with Crippen LogP contribution < -0.4 is 9.64 Å². The molecule has 5 rings (SSSR count). The zero-order valence-electron chi connectivity index (χ0n) is 17.5. The third kappa shape index (κ3) is 4.26. The number of fused-ring (bicyclic) bond motifs is 1. The summed E-state index contributed by atoms with van der Waals surface area (Å²) in [7, 11) is 1.98. The van der Waals surface area contributed by atoms with Gasteiger partial charge in [-0.05, 0) is 50.2 Å². The predicted octanol–water partition coefficient (Wildman–Crippen LogP) is 3.38. The van der Waals surface area contributed by atoms with Gasteiger partial charge in [-0.3, -0.25) is 9.67 Å². The maximum atomic E-state index is 6.52. The summed E-state index contributed by atoms with van der Waals surface area (Å²) in [6.07, 6.45) is 11.3. The molecular weight excluding hydrogens is 378 g/mol. The molecule has 0 atom stereocenters. The van der Waals surface area contributed by atoms with Crippen molar-refractivity contribution < 1.29 is 9.47 Å². The Labute approximate surface area is 177 Å². The van der Waals surface area contributed by atoms with Crippen molar-refractivity contribution in [3.8, 4) is 5.75 Å². The largest absolute Gasteiger partial charge is 0.488 e. The fourth-order valence-corrected chi connectivity index (χ4v) is 4.62. The van der Waals surface area contributed by atoms with Crippen LogP contribution in [0.15, 0.2) is 36.8 Å². The third-order valence-electron chi connectivity index (χ3n) is 6.25. The zero-order chi connectivity index (χ0) is 20.3. The normalized spacial score (nSPS) is 22.4. The van der Waals surface area contributed by atoms with Crippen LogP contribution in [0.1, 0.15) is 31.4 Å². The summed E-state index contributed by atoms with van der Waals surface area (Å²) in [6, 6.07) is 6.39. The number of hydrogen-bond donors (Lipinski definition) is 0. The van der Waals surface area contributed by atoms with E-state index in [0.29, 0.717) is 5.92 Å². The van der Waals surface area contributed by atoms with Gasteiger partial charge >= 0.3 is 0 Å². The summed E-state index contributed by atoms with van der Waals surface area (Å²) in [4.78, 5) is 11.4. The quantitative estimate of drug-likeness (QED) is 0.646. The van der Waals surface area contributed by atoms with Gasteiger partial charge in [0.2, 0.25) is 0 Å². The van der Waals surface area contributed by atoms with E-state index in [2.05, 4.69) is 38.2 Å². The van der Waals surface area contributed by atoms with Crippen molar-refractivity contribution in [3.05, 3.63) is 42.5 Å². The first-order valence-corrected chi connectivity index (χ1v) is 11.0. The average Bonchev–Trinajstić information content (AvgIpc) is 3.20. The fraction of sp³-hybridized carbons (Fsp3) is 0.522. The molecule has 0 unspecified atom stereocenters. The van der Waals surface area contributed by atoms with Crippen LogP contribution in [0.4, 0.5) is 5.69 Å². The van der Waals surface area contributed by atoms with Gasteiger partial charge in [-0.25, -0.2) is 4.98 Å². The van der Waals surface area contributed by atoms with Gasteiger partial charge in [-0.1, -0.05) is 0 Å². The Bertz CT molecular complexity index is 990. The number of hydrogen-bond acceptors (Lipinski definition) is 6. The van der Waals surface area contributed by atoms with Crippen LogP contribution in [-0.2, 0) is 18.2 Å². The van der Waals surface area contributed by atoms with Crippen LogP contribution >= 0.6 is 0 Å². The molecule has 3 heterocycles. The summed E-state index contributed by atoms with van der Waals surface area (Å²) < 4.78 is 13.9. The highest BCUT2D eigenvalue weighted by Crippen LogP contribution is 2.34. The second-order valence-electron chi connectivity index (χ2n) is 8.41. The van der Waals surface area contributed by atoms with Crippen LogP contribution in [0.3, 0.4) is 0 Å². The molecule has 2 fully saturated rings. The molecule has 0 amide bonds. The van der Waals surface area contributed by atoms with Crippen LogP contribution in [0.5, 0.6) is 5.75 Å². The second-order valence-corrected chi connectivity index (χ2v) is 8.41. The predicted molar refractivity (Wildman–Crippen MR) is 116 cm³/mol. The first kappa shape index (κ1) is 19.3. The monoisotopic (exact) mass is 407 g/mol. The Kier molecular flexibility index (Phi) is 5.53. The minimum absolute atomic E-state index is 0.232. The number of rotatable bonds is 5. The number of ether oxygens (including phenoxy) is 2. The number of benzene rings is 1. The van der Waals surface area contributed by atoms with Crippen molar-refractivity contribution in [1.82, 2.24) is 19.7 Å². The Balaban J connectivity index is 1.29. The van der Waals surface area contributed by atoms with E-state index in [9.17, 15) is 0 Å². The summed E-state index contributed by atoms with van der Waals surface area (Å²) >= 11 is 0. The Hall–Kier alpha value is -2.67. The summed E-state index contributed by atoms with van der Waals surface area (Å²) in [5, 5.41) is 4.54. The Morgan fingerprint density at radius 1 is 1.07 bits per heavy atom. The van der Waals surface area contributed by atoms with Gasteiger partial charge in [0.15, 0.2) is 0 Å². The van der Waals surface area contributed by atoms with Crippen LogP contribution in [0.2, 0.25) is 0 Å². The molecule has 1 aliphatic carbocycles. The topological polar surface area (TPSA) is 65.3 Å². The second kappa shape index (κ2) is 8.60. The molecule has 158 valence electrons. The maximum Gasteiger partial charge on any atom is 0.149 e. The lowest BCUT2D eigenvalue weighted by molar-refractivity contribution is 0.122. The molecule has 0 N–H and O–H groups in total. The summed E-state index contributed by atoms with van der Waals surface area (Å²) in [5.41, 5.74) is 4.08. The van der Waals surface area contributed by atoms with Gasteiger partial charge in [-0.15, -0.1) is 0 Å². The van der Waals surface area contributed by atoms with Crippen LogP contribution in [0.25, 0.3) is 11.0 Å². The van der Waals surface area contributed by atoms with Crippen molar-refractivity contribution in [3.63, 3.8) is 0 Å². The molecule has 7 heteroatoms. The number of anilines is 1. The van der Waals surface area contributed by atoms with E-state index >= 15 is 0 Å². The lowest BCUT2D eigenvalue weighted by atomic mass is 9.84. The standard InChI is InChI=1S/C23H29N5O2/c1-27-9-6-18(26-27)14-17-2-4-20(5-3-17)30-22-16-19(28-10-12-29-13-11-28)15-21-23(22)25-8-7-24-21/h6-9,15-17,20H,2-5,10-14H2,1H3.